The molecule has 4 aromatic rings. The number of aromatic nitrogens is 3. The monoisotopic (exact) mass is 465 g/mol. The number of rotatable bonds is 8. The van der Waals surface area contributed by atoms with E-state index in [-0.39, 0.29) is 22.7 Å². The minimum Gasteiger partial charge on any atom is -0.348 e. The zero-order valence-corrected chi connectivity index (χ0v) is 18.2. The number of carbonyl (C=O) groups is 1. The minimum atomic E-state index is -4.07. The molecule has 2 N–H and O–H groups in total. The molecule has 0 saturated carbocycles. The number of carbonyl (C=O) groups excluding carboxylic acids is 1. The van der Waals surface area contributed by atoms with Gasteiger partial charge in [0, 0.05) is 12.1 Å². The van der Waals surface area contributed by atoms with Crippen LogP contribution in [0, 0.1) is 5.82 Å². The van der Waals surface area contributed by atoms with E-state index in [2.05, 4.69) is 20.1 Å². The molecule has 8 nitrogen and oxygen atoms in total. The van der Waals surface area contributed by atoms with Crippen molar-refractivity contribution < 1.29 is 17.6 Å². The Balaban J connectivity index is 1.40. The van der Waals surface area contributed by atoms with Gasteiger partial charge in [0.1, 0.15) is 18.5 Å². The number of hydrogen-bond donors (Lipinski definition) is 2. The second kappa shape index (κ2) is 9.61. The van der Waals surface area contributed by atoms with Gasteiger partial charge in [-0.15, -0.1) is 0 Å². The summed E-state index contributed by atoms with van der Waals surface area (Å²) in [5.41, 5.74) is 1.93. The Kier molecular flexibility index (Phi) is 6.45. The first-order valence-electron chi connectivity index (χ1n) is 9.96. The van der Waals surface area contributed by atoms with Gasteiger partial charge in [0.05, 0.1) is 17.1 Å². The zero-order chi connectivity index (χ0) is 23.3. The van der Waals surface area contributed by atoms with Gasteiger partial charge in [-0.05, 0) is 41.5 Å². The van der Waals surface area contributed by atoms with Gasteiger partial charge in [0.2, 0.25) is 0 Å². The maximum absolute atomic E-state index is 13.8. The van der Waals surface area contributed by atoms with Crippen molar-refractivity contribution in [3.63, 3.8) is 0 Å². The number of para-hydroxylation sites is 1. The summed E-state index contributed by atoms with van der Waals surface area (Å²) in [4.78, 5) is 16.3. The van der Waals surface area contributed by atoms with Crippen LogP contribution in [-0.2, 0) is 23.1 Å². The number of nitrogens with zero attached hydrogens (tertiary/aromatic N) is 3. The van der Waals surface area contributed by atoms with Crippen LogP contribution >= 0.6 is 0 Å². The Hall–Kier alpha value is -4.05. The fourth-order valence-corrected chi connectivity index (χ4v) is 4.21. The van der Waals surface area contributed by atoms with Crippen LogP contribution in [0.25, 0.3) is 0 Å². The van der Waals surface area contributed by atoms with Crippen LogP contribution in [-0.4, -0.2) is 29.1 Å². The van der Waals surface area contributed by atoms with Crippen LogP contribution in [0.2, 0.25) is 0 Å². The lowest BCUT2D eigenvalue weighted by atomic mass is 10.1. The molecule has 0 fully saturated rings. The Labute approximate surface area is 190 Å². The first-order chi connectivity index (χ1) is 15.9. The fraction of sp³-hybridized carbons (Fsp3) is 0.0870. The zero-order valence-electron chi connectivity index (χ0n) is 17.3. The SMILES string of the molecule is O=C(NCc1ccc(Cn2cncn2)cc1)c1cccc(S(=O)(=O)Nc2ccccc2F)c1. The Morgan fingerprint density at radius 1 is 0.970 bits per heavy atom. The van der Waals surface area contributed by atoms with Gasteiger partial charge in [-0.3, -0.25) is 9.52 Å². The van der Waals surface area contributed by atoms with Crippen LogP contribution < -0.4 is 10.0 Å². The molecule has 0 spiro atoms. The lowest BCUT2D eigenvalue weighted by Crippen LogP contribution is -2.23. The van der Waals surface area contributed by atoms with Crippen molar-refractivity contribution in [2.75, 3.05) is 4.72 Å². The molecule has 0 aliphatic heterocycles. The molecule has 0 radical (unpaired) electrons. The number of hydrogen-bond acceptors (Lipinski definition) is 5. The number of amides is 1. The van der Waals surface area contributed by atoms with Gasteiger partial charge >= 0.3 is 0 Å². The van der Waals surface area contributed by atoms with Gasteiger partial charge in [0.15, 0.2) is 0 Å². The molecule has 0 aliphatic carbocycles. The Morgan fingerprint density at radius 2 is 1.73 bits per heavy atom. The average molecular weight is 466 g/mol. The summed E-state index contributed by atoms with van der Waals surface area (Å²) in [7, 11) is -4.07. The highest BCUT2D eigenvalue weighted by Crippen LogP contribution is 2.19. The smallest absolute Gasteiger partial charge is 0.262 e. The fourth-order valence-electron chi connectivity index (χ4n) is 3.10. The molecule has 0 unspecified atom stereocenters. The topological polar surface area (TPSA) is 106 Å². The van der Waals surface area contributed by atoms with E-state index in [9.17, 15) is 17.6 Å². The first kappa shape index (κ1) is 22.2. The van der Waals surface area contributed by atoms with Crippen molar-refractivity contribution in [1.82, 2.24) is 20.1 Å². The molecule has 0 atom stereocenters. The van der Waals surface area contributed by atoms with Crippen LogP contribution in [0.3, 0.4) is 0 Å². The van der Waals surface area contributed by atoms with Crippen molar-refractivity contribution in [2.24, 2.45) is 0 Å². The number of sulfonamides is 1. The first-order valence-corrected chi connectivity index (χ1v) is 11.4. The predicted molar refractivity (Wildman–Crippen MR) is 120 cm³/mol. The molecule has 3 aromatic carbocycles. The Morgan fingerprint density at radius 3 is 2.45 bits per heavy atom. The van der Waals surface area contributed by atoms with Crippen LogP contribution in [0.1, 0.15) is 21.5 Å². The molecule has 168 valence electrons. The van der Waals surface area contributed by atoms with Gasteiger partial charge in [-0.2, -0.15) is 5.10 Å². The highest BCUT2D eigenvalue weighted by Gasteiger charge is 2.18. The highest BCUT2D eigenvalue weighted by molar-refractivity contribution is 7.92. The molecule has 33 heavy (non-hydrogen) atoms. The largest absolute Gasteiger partial charge is 0.348 e. The van der Waals surface area contributed by atoms with Crippen molar-refractivity contribution in [3.8, 4) is 0 Å². The van der Waals surface area contributed by atoms with Gasteiger partial charge in [0.25, 0.3) is 15.9 Å². The highest BCUT2D eigenvalue weighted by atomic mass is 32.2. The number of benzene rings is 3. The normalized spacial score (nSPS) is 11.2. The quantitative estimate of drug-likeness (QED) is 0.416. The molecule has 0 saturated heterocycles. The third-order valence-corrected chi connectivity index (χ3v) is 6.18. The molecular weight excluding hydrogens is 445 g/mol. The van der Waals surface area contributed by atoms with Gasteiger partial charge in [-0.25, -0.2) is 22.5 Å². The van der Waals surface area contributed by atoms with E-state index < -0.39 is 21.7 Å². The molecule has 4 rings (SSSR count). The Bertz CT molecular complexity index is 1360. The van der Waals surface area contributed by atoms with E-state index in [0.717, 1.165) is 17.2 Å². The molecule has 1 heterocycles. The van der Waals surface area contributed by atoms with E-state index in [1.165, 1.54) is 48.8 Å². The average Bonchev–Trinajstić information content (AvgIpc) is 3.33. The second-order valence-corrected chi connectivity index (χ2v) is 8.89. The third-order valence-electron chi connectivity index (χ3n) is 4.81. The van der Waals surface area contributed by atoms with Crippen LogP contribution in [0.5, 0.6) is 0 Å². The maximum atomic E-state index is 13.8. The predicted octanol–water partition coefficient (Wildman–Crippen LogP) is 3.20. The van der Waals surface area contributed by atoms with Crippen molar-refractivity contribution >= 4 is 21.6 Å². The molecular formula is C23H20FN5O3S. The third kappa shape index (κ3) is 5.60. The van der Waals surface area contributed by atoms with E-state index in [0.29, 0.717) is 6.54 Å². The number of nitrogens with one attached hydrogen (secondary N) is 2. The molecule has 10 heteroatoms. The molecule has 1 amide bonds. The summed E-state index contributed by atoms with van der Waals surface area (Å²) in [5.74, 6) is -1.12. The van der Waals surface area contributed by atoms with Crippen molar-refractivity contribution in [1.29, 1.82) is 0 Å². The van der Waals surface area contributed by atoms with Crippen molar-refractivity contribution in [3.05, 3.63) is 108 Å². The summed E-state index contributed by atoms with van der Waals surface area (Å²) >= 11 is 0. The summed E-state index contributed by atoms with van der Waals surface area (Å²) in [5, 5.41) is 6.84. The van der Waals surface area contributed by atoms with Crippen molar-refractivity contribution in [2.45, 2.75) is 18.0 Å². The van der Waals surface area contributed by atoms with Crippen LogP contribution in [0.15, 0.2) is 90.3 Å². The van der Waals surface area contributed by atoms with E-state index in [1.807, 2.05) is 24.3 Å². The van der Waals surface area contributed by atoms with E-state index in [1.54, 1.807) is 11.0 Å². The number of anilines is 1. The molecule has 0 aliphatic rings. The summed E-state index contributed by atoms with van der Waals surface area (Å²) in [6.07, 6.45) is 3.11. The van der Waals surface area contributed by atoms with Crippen LogP contribution in [0.4, 0.5) is 10.1 Å². The lowest BCUT2D eigenvalue weighted by molar-refractivity contribution is 0.0950. The minimum absolute atomic E-state index is 0.143. The summed E-state index contributed by atoms with van der Waals surface area (Å²) < 4.78 is 43.0. The molecule has 1 aromatic heterocycles. The van der Waals surface area contributed by atoms with Gasteiger partial charge < -0.3 is 5.32 Å². The maximum Gasteiger partial charge on any atom is 0.262 e. The van der Waals surface area contributed by atoms with E-state index >= 15 is 0 Å². The van der Waals surface area contributed by atoms with E-state index in [4.69, 9.17) is 0 Å². The lowest BCUT2D eigenvalue weighted by Gasteiger charge is -2.11. The standard InChI is InChI=1S/C23H20FN5O3S/c24-21-6-1-2-7-22(21)28-33(31,32)20-5-3-4-19(12-20)23(30)26-13-17-8-10-18(11-9-17)14-29-16-25-15-27-29/h1-12,15-16,28H,13-14H2,(H,26,30). The van der Waals surface area contributed by atoms with Gasteiger partial charge in [-0.1, -0.05) is 42.5 Å². The summed E-state index contributed by atoms with van der Waals surface area (Å²) in [6, 6.07) is 18.7. The summed E-state index contributed by atoms with van der Waals surface area (Å²) in [6.45, 7) is 0.863. The molecule has 0 bridgehead atoms. The second-order valence-electron chi connectivity index (χ2n) is 7.21. The number of halogens is 1.